The molecule has 0 spiro atoms. The molecule has 0 aliphatic rings. The summed E-state index contributed by atoms with van der Waals surface area (Å²) in [5.74, 6) is 1.25. The minimum absolute atomic E-state index is 0.560. The first-order valence-corrected chi connectivity index (χ1v) is 6.85. The zero-order valence-corrected chi connectivity index (χ0v) is 11.6. The van der Waals surface area contributed by atoms with E-state index in [2.05, 4.69) is 20.5 Å². The average Bonchev–Trinajstić information content (AvgIpc) is 2.97. The van der Waals surface area contributed by atoms with Gasteiger partial charge in [-0.3, -0.25) is 4.98 Å². The third-order valence-corrected chi connectivity index (χ3v) is 3.06. The van der Waals surface area contributed by atoms with E-state index >= 15 is 0 Å². The highest BCUT2D eigenvalue weighted by Crippen LogP contribution is 2.08. The molecule has 2 heterocycles. The highest BCUT2D eigenvalue weighted by Gasteiger charge is 2.06. The number of hydrogen-bond acceptors (Lipinski definition) is 5. The molecule has 3 aromatic rings. The molecule has 0 amide bonds. The second kappa shape index (κ2) is 6.76. The fraction of sp³-hybridized carbons (Fsp3) is 0.188. The maximum Gasteiger partial charge on any atom is 0.230 e. The predicted octanol–water partition coefficient (Wildman–Crippen LogP) is 2.35. The van der Waals surface area contributed by atoms with Crippen LogP contribution < -0.4 is 5.32 Å². The molecule has 5 nitrogen and oxygen atoms in total. The van der Waals surface area contributed by atoms with Gasteiger partial charge in [0.25, 0.3) is 0 Å². The lowest BCUT2D eigenvalue weighted by atomic mass is 10.2. The Morgan fingerprint density at radius 1 is 0.810 bits per heavy atom. The summed E-state index contributed by atoms with van der Waals surface area (Å²) in [5.41, 5.74) is 2.34. The van der Waals surface area contributed by atoms with Crippen molar-refractivity contribution in [1.29, 1.82) is 0 Å². The molecule has 3 rings (SSSR count). The van der Waals surface area contributed by atoms with Gasteiger partial charge in [-0.15, -0.1) is 10.2 Å². The summed E-state index contributed by atoms with van der Waals surface area (Å²) in [4.78, 5) is 3.99. The number of benzene rings is 1. The molecule has 21 heavy (non-hydrogen) atoms. The minimum atomic E-state index is 0.560. The molecular formula is C16H16N4O. The summed E-state index contributed by atoms with van der Waals surface area (Å²) >= 11 is 0. The lowest BCUT2D eigenvalue weighted by Crippen LogP contribution is -2.12. The van der Waals surface area contributed by atoms with Crippen LogP contribution in [0.4, 0.5) is 0 Å². The van der Waals surface area contributed by atoms with E-state index in [-0.39, 0.29) is 0 Å². The summed E-state index contributed by atoms with van der Waals surface area (Å²) in [6.07, 6.45) is 4.22. The molecule has 0 radical (unpaired) electrons. The molecule has 0 unspecified atom stereocenters. The van der Waals surface area contributed by atoms with Crippen molar-refractivity contribution in [2.24, 2.45) is 0 Å². The summed E-state index contributed by atoms with van der Waals surface area (Å²) in [7, 11) is 0. The van der Waals surface area contributed by atoms with Crippen molar-refractivity contribution in [3.05, 3.63) is 77.8 Å². The molecule has 2 aromatic heterocycles. The van der Waals surface area contributed by atoms with Gasteiger partial charge in [-0.1, -0.05) is 30.3 Å². The number of nitrogens with zero attached hydrogens (tertiary/aromatic N) is 3. The van der Waals surface area contributed by atoms with Gasteiger partial charge in [0.15, 0.2) is 0 Å². The van der Waals surface area contributed by atoms with Gasteiger partial charge in [-0.2, -0.15) is 0 Å². The molecule has 0 aliphatic carbocycles. The van der Waals surface area contributed by atoms with Crippen LogP contribution in [0.15, 0.2) is 59.3 Å². The standard InChI is InChI=1S/C16H16N4O/c1-2-4-13(5-3-1)10-15-19-20-16(21-15)12-18-11-14-6-8-17-9-7-14/h1-9,18H,10-12H2. The molecule has 0 fully saturated rings. The van der Waals surface area contributed by atoms with Crippen molar-refractivity contribution in [3.8, 4) is 0 Å². The Kier molecular flexibility index (Phi) is 4.33. The molecular weight excluding hydrogens is 264 g/mol. The quantitative estimate of drug-likeness (QED) is 0.751. The fourth-order valence-corrected chi connectivity index (χ4v) is 2.02. The minimum Gasteiger partial charge on any atom is -0.424 e. The van der Waals surface area contributed by atoms with Crippen molar-refractivity contribution < 1.29 is 4.42 Å². The first-order valence-electron chi connectivity index (χ1n) is 6.85. The maximum atomic E-state index is 5.63. The van der Waals surface area contributed by atoms with Crippen molar-refractivity contribution in [1.82, 2.24) is 20.5 Å². The van der Waals surface area contributed by atoms with Crippen LogP contribution in [0, 0.1) is 0 Å². The van der Waals surface area contributed by atoms with Crippen molar-refractivity contribution in [2.45, 2.75) is 19.5 Å². The SMILES string of the molecule is c1ccc(Cc2nnc(CNCc3ccncc3)o2)cc1. The number of pyridine rings is 1. The molecule has 106 valence electrons. The zero-order valence-electron chi connectivity index (χ0n) is 11.6. The van der Waals surface area contributed by atoms with Gasteiger partial charge in [-0.05, 0) is 23.3 Å². The van der Waals surface area contributed by atoms with Crippen LogP contribution in [-0.4, -0.2) is 15.2 Å². The molecule has 0 aliphatic heterocycles. The summed E-state index contributed by atoms with van der Waals surface area (Å²) < 4.78 is 5.63. The Bertz CT molecular complexity index is 667. The summed E-state index contributed by atoms with van der Waals surface area (Å²) in [6, 6.07) is 14.0. The second-order valence-corrected chi connectivity index (χ2v) is 4.71. The smallest absolute Gasteiger partial charge is 0.230 e. The van der Waals surface area contributed by atoms with E-state index in [9.17, 15) is 0 Å². The third kappa shape index (κ3) is 3.97. The molecule has 1 N–H and O–H groups in total. The first kappa shape index (κ1) is 13.5. The number of nitrogens with one attached hydrogen (secondary N) is 1. The van der Waals surface area contributed by atoms with Crippen LogP contribution in [-0.2, 0) is 19.5 Å². The van der Waals surface area contributed by atoms with Crippen LogP contribution in [0.25, 0.3) is 0 Å². The Hall–Kier alpha value is -2.53. The third-order valence-electron chi connectivity index (χ3n) is 3.06. The van der Waals surface area contributed by atoms with E-state index in [0.29, 0.717) is 24.7 Å². The largest absolute Gasteiger partial charge is 0.424 e. The molecule has 0 bridgehead atoms. The Labute approximate surface area is 123 Å². The van der Waals surface area contributed by atoms with Gasteiger partial charge in [0, 0.05) is 18.9 Å². The predicted molar refractivity (Wildman–Crippen MR) is 78.3 cm³/mol. The van der Waals surface area contributed by atoms with Crippen molar-refractivity contribution in [2.75, 3.05) is 0 Å². The topological polar surface area (TPSA) is 63.8 Å². The highest BCUT2D eigenvalue weighted by molar-refractivity contribution is 5.17. The van der Waals surface area contributed by atoms with E-state index in [0.717, 1.165) is 12.1 Å². The van der Waals surface area contributed by atoms with Crippen LogP contribution in [0.2, 0.25) is 0 Å². The van der Waals surface area contributed by atoms with E-state index < -0.39 is 0 Å². The van der Waals surface area contributed by atoms with Crippen LogP contribution >= 0.6 is 0 Å². The molecule has 0 atom stereocenters. The van der Waals surface area contributed by atoms with Crippen LogP contribution in [0.5, 0.6) is 0 Å². The Morgan fingerprint density at radius 3 is 2.38 bits per heavy atom. The average molecular weight is 280 g/mol. The van der Waals surface area contributed by atoms with Crippen LogP contribution in [0.1, 0.15) is 22.9 Å². The van der Waals surface area contributed by atoms with Crippen LogP contribution in [0.3, 0.4) is 0 Å². The fourth-order valence-electron chi connectivity index (χ4n) is 2.02. The van der Waals surface area contributed by atoms with E-state index in [1.807, 2.05) is 42.5 Å². The second-order valence-electron chi connectivity index (χ2n) is 4.71. The lowest BCUT2D eigenvalue weighted by Gasteiger charge is -2.01. The molecule has 0 saturated heterocycles. The summed E-state index contributed by atoms with van der Waals surface area (Å²) in [5, 5.41) is 11.4. The highest BCUT2D eigenvalue weighted by atomic mass is 16.4. The van der Waals surface area contributed by atoms with Gasteiger partial charge in [-0.25, -0.2) is 0 Å². The van der Waals surface area contributed by atoms with Gasteiger partial charge in [0.2, 0.25) is 11.8 Å². The van der Waals surface area contributed by atoms with Gasteiger partial charge in [0.1, 0.15) is 0 Å². The zero-order chi connectivity index (χ0) is 14.3. The molecule has 1 aromatic carbocycles. The Balaban J connectivity index is 1.51. The first-order chi connectivity index (χ1) is 10.4. The normalized spacial score (nSPS) is 10.7. The van der Waals surface area contributed by atoms with Gasteiger partial charge in [0.05, 0.1) is 13.0 Å². The van der Waals surface area contributed by atoms with E-state index in [4.69, 9.17) is 4.42 Å². The molecule has 5 heteroatoms. The number of rotatable bonds is 6. The number of aromatic nitrogens is 3. The molecule has 0 saturated carbocycles. The number of hydrogen-bond donors (Lipinski definition) is 1. The monoisotopic (exact) mass is 280 g/mol. The summed E-state index contributed by atoms with van der Waals surface area (Å²) in [6.45, 7) is 1.31. The van der Waals surface area contributed by atoms with Crippen molar-refractivity contribution in [3.63, 3.8) is 0 Å². The van der Waals surface area contributed by atoms with Gasteiger partial charge >= 0.3 is 0 Å². The van der Waals surface area contributed by atoms with Gasteiger partial charge < -0.3 is 9.73 Å². The maximum absolute atomic E-state index is 5.63. The van der Waals surface area contributed by atoms with Crippen molar-refractivity contribution >= 4 is 0 Å². The van der Waals surface area contributed by atoms with E-state index in [1.165, 1.54) is 5.56 Å². The van der Waals surface area contributed by atoms with E-state index in [1.54, 1.807) is 12.4 Å². The lowest BCUT2D eigenvalue weighted by molar-refractivity contribution is 0.438. The Morgan fingerprint density at radius 2 is 1.57 bits per heavy atom.